The van der Waals surface area contributed by atoms with Gasteiger partial charge in [-0.1, -0.05) is 18.2 Å². The van der Waals surface area contributed by atoms with Crippen molar-refractivity contribution >= 4 is 11.8 Å². The van der Waals surface area contributed by atoms with Crippen LogP contribution in [-0.2, 0) is 17.5 Å². The third-order valence-corrected chi connectivity index (χ3v) is 5.65. The van der Waals surface area contributed by atoms with Crippen LogP contribution in [-0.4, -0.2) is 29.4 Å². The molecule has 1 heterocycles. The standard InChI is InChI=1S/C25H22F3N3O5/c1-35-17-9-10-20(18(13-17)25(26,27)28)36-16-7-5-15(6-8-16)14-29-23(34)24(11-12-24)31-22(33)19-3-2-4-21(32)30-19/h2-10,13H,11-12,14H2,1H3,(H,29,34)(H,30,32)(H,31,33). The molecule has 0 atom stereocenters. The summed E-state index contributed by atoms with van der Waals surface area (Å²) in [6.45, 7) is 0.134. The highest BCUT2D eigenvalue weighted by molar-refractivity contribution is 5.99. The number of carbonyl (C=O) groups excluding carboxylic acids is 2. The number of halogens is 3. The van der Waals surface area contributed by atoms with E-state index in [2.05, 4.69) is 15.6 Å². The van der Waals surface area contributed by atoms with Gasteiger partial charge in [0.15, 0.2) is 0 Å². The molecule has 3 N–H and O–H groups in total. The average molecular weight is 501 g/mol. The van der Waals surface area contributed by atoms with Crippen molar-refractivity contribution in [2.24, 2.45) is 0 Å². The maximum absolute atomic E-state index is 13.4. The summed E-state index contributed by atoms with van der Waals surface area (Å²) in [5.74, 6) is -1.05. The van der Waals surface area contributed by atoms with Crippen LogP contribution >= 0.6 is 0 Å². The van der Waals surface area contributed by atoms with Gasteiger partial charge in [0.1, 0.15) is 34.0 Å². The molecule has 36 heavy (non-hydrogen) atoms. The van der Waals surface area contributed by atoms with Gasteiger partial charge in [-0.05, 0) is 54.8 Å². The van der Waals surface area contributed by atoms with Gasteiger partial charge < -0.3 is 25.1 Å². The van der Waals surface area contributed by atoms with E-state index < -0.39 is 28.7 Å². The number of hydrogen-bond acceptors (Lipinski definition) is 5. The molecular weight excluding hydrogens is 479 g/mol. The fraction of sp³-hybridized carbons (Fsp3) is 0.240. The number of aromatic amines is 1. The third kappa shape index (κ3) is 5.68. The van der Waals surface area contributed by atoms with E-state index in [1.165, 1.54) is 49.6 Å². The molecule has 8 nitrogen and oxygen atoms in total. The third-order valence-electron chi connectivity index (χ3n) is 5.65. The SMILES string of the molecule is COc1ccc(Oc2ccc(CNC(=O)C3(NC(=O)c4cccc(=O)[nH]4)CC3)cc2)c(C(F)(F)F)c1. The minimum Gasteiger partial charge on any atom is -0.497 e. The molecule has 1 aliphatic rings. The van der Waals surface area contributed by atoms with Gasteiger partial charge in [0.05, 0.1) is 7.11 Å². The molecule has 0 radical (unpaired) electrons. The summed E-state index contributed by atoms with van der Waals surface area (Å²) >= 11 is 0. The molecular formula is C25H22F3N3O5. The van der Waals surface area contributed by atoms with Gasteiger partial charge in [-0.15, -0.1) is 0 Å². The molecule has 0 aliphatic heterocycles. The van der Waals surface area contributed by atoms with Crippen molar-refractivity contribution in [3.05, 3.63) is 87.8 Å². The van der Waals surface area contributed by atoms with Gasteiger partial charge in [-0.3, -0.25) is 14.4 Å². The van der Waals surface area contributed by atoms with Gasteiger partial charge in [-0.25, -0.2) is 0 Å². The predicted octanol–water partition coefficient (Wildman–Crippen LogP) is 3.77. The highest BCUT2D eigenvalue weighted by Crippen LogP contribution is 2.40. The zero-order valence-corrected chi connectivity index (χ0v) is 19.1. The Kier molecular flexibility index (Phi) is 6.73. The number of ether oxygens (including phenoxy) is 2. The number of hydrogen-bond donors (Lipinski definition) is 3. The van der Waals surface area contributed by atoms with Crippen LogP contribution in [0.4, 0.5) is 13.2 Å². The van der Waals surface area contributed by atoms with Crippen LogP contribution in [0.15, 0.2) is 65.5 Å². The topological polar surface area (TPSA) is 110 Å². The number of methoxy groups -OCH3 is 1. The number of carbonyl (C=O) groups is 2. The number of aromatic nitrogens is 1. The van der Waals surface area contributed by atoms with E-state index in [9.17, 15) is 27.6 Å². The van der Waals surface area contributed by atoms with Crippen molar-refractivity contribution in [2.75, 3.05) is 7.11 Å². The monoisotopic (exact) mass is 501 g/mol. The Morgan fingerprint density at radius 2 is 1.72 bits per heavy atom. The van der Waals surface area contributed by atoms with Crippen molar-refractivity contribution in [3.8, 4) is 17.2 Å². The average Bonchev–Trinajstić information content (AvgIpc) is 3.63. The van der Waals surface area contributed by atoms with Gasteiger partial charge in [0.2, 0.25) is 11.5 Å². The second-order valence-electron chi connectivity index (χ2n) is 8.25. The molecule has 0 saturated heterocycles. The second-order valence-corrected chi connectivity index (χ2v) is 8.25. The van der Waals surface area contributed by atoms with E-state index in [0.717, 1.165) is 6.07 Å². The fourth-order valence-electron chi connectivity index (χ4n) is 3.50. The van der Waals surface area contributed by atoms with E-state index in [1.54, 1.807) is 12.1 Å². The molecule has 188 valence electrons. The van der Waals surface area contributed by atoms with Gasteiger partial charge in [0.25, 0.3) is 5.91 Å². The summed E-state index contributed by atoms with van der Waals surface area (Å²) in [5.41, 5.74) is -1.70. The predicted molar refractivity (Wildman–Crippen MR) is 123 cm³/mol. The van der Waals surface area contributed by atoms with Crippen molar-refractivity contribution in [2.45, 2.75) is 31.1 Å². The Hall–Kier alpha value is -4.28. The van der Waals surface area contributed by atoms with E-state index >= 15 is 0 Å². The minimum atomic E-state index is -4.63. The second kappa shape index (κ2) is 9.76. The highest BCUT2D eigenvalue weighted by atomic mass is 19.4. The highest BCUT2D eigenvalue weighted by Gasteiger charge is 2.51. The molecule has 11 heteroatoms. The Morgan fingerprint density at radius 3 is 2.33 bits per heavy atom. The molecule has 0 bridgehead atoms. The molecule has 3 aromatic rings. The van der Waals surface area contributed by atoms with Gasteiger partial charge in [0, 0.05) is 12.6 Å². The minimum absolute atomic E-state index is 0.0578. The number of alkyl halides is 3. The van der Waals surface area contributed by atoms with Crippen LogP contribution < -0.4 is 25.7 Å². The molecule has 1 aromatic heterocycles. The van der Waals surface area contributed by atoms with E-state index in [0.29, 0.717) is 18.4 Å². The normalized spacial score (nSPS) is 14.0. The van der Waals surface area contributed by atoms with Crippen LogP contribution in [0.3, 0.4) is 0 Å². The number of nitrogens with one attached hydrogen (secondary N) is 3. The smallest absolute Gasteiger partial charge is 0.420 e. The lowest BCUT2D eigenvalue weighted by Gasteiger charge is -2.17. The maximum Gasteiger partial charge on any atom is 0.420 e. The Labute approximate surface area is 203 Å². The van der Waals surface area contributed by atoms with Crippen LogP contribution in [0.1, 0.15) is 34.5 Å². The first kappa shape index (κ1) is 24.8. The molecule has 1 fully saturated rings. The summed E-state index contributed by atoms with van der Waals surface area (Å²) in [6, 6.07) is 13.8. The molecule has 4 rings (SSSR count). The van der Waals surface area contributed by atoms with E-state index in [1.807, 2.05) is 0 Å². The van der Waals surface area contributed by atoms with Crippen LogP contribution in [0.2, 0.25) is 0 Å². The summed E-state index contributed by atoms with van der Waals surface area (Å²) in [4.78, 5) is 38.9. The van der Waals surface area contributed by atoms with Crippen molar-refractivity contribution in [1.29, 1.82) is 0 Å². The lowest BCUT2D eigenvalue weighted by molar-refractivity contribution is -0.138. The molecule has 0 spiro atoms. The zero-order valence-electron chi connectivity index (χ0n) is 19.1. The Morgan fingerprint density at radius 1 is 1.03 bits per heavy atom. The van der Waals surface area contributed by atoms with Crippen molar-refractivity contribution in [1.82, 2.24) is 15.6 Å². The number of benzene rings is 2. The maximum atomic E-state index is 13.4. The Balaban J connectivity index is 1.36. The largest absolute Gasteiger partial charge is 0.497 e. The van der Waals surface area contributed by atoms with Gasteiger partial charge >= 0.3 is 6.18 Å². The quantitative estimate of drug-likeness (QED) is 0.435. The lowest BCUT2D eigenvalue weighted by Crippen LogP contribution is -2.49. The summed E-state index contributed by atoms with van der Waals surface area (Å²) in [5, 5.41) is 5.42. The number of amides is 2. The molecule has 2 amide bonds. The molecule has 1 aliphatic carbocycles. The summed E-state index contributed by atoms with van der Waals surface area (Å²) < 4.78 is 50.5. The van der Waals surface area contributed by atoms with Crippen LogP contribution in [0, 0.1) is 0 Å². The van der Waals surface area contributed by atoms with Crippen LogP contribution in [0.25, 0.3) is 0 Å². The van der Waals surface area contributed by atoms with E-state index in [4.69, 9.17) is 9.47 Å². The molecule has 2 aromatic carbocycles. The lowest BCUT2D eigenvalue weighted by atomic mass is 10.1. The first-order chi connectivity index (χ1) is 17.1. The number of rotatable bonds is 8. The van der Waals surface area contributed by atoms with Crippen molar-refractivity contribution in [3.63, 3.8) is 0 Å². The Bertz CT molecular complexity index is 1330. The fourth-order valence-corrected chi connectivity index (χ4v) is 3.50. The van der Waals surface area contributed by atoms with Gasteiger partial charge in [-0.2, -0.15) is 13.2 Å². The van der Waals surface area contributed by atoms with Crippen molar-refractivity contribution < 1.29 is 32.2 Å². The first-order valence-electron chi connectivity index (χ1n) is 10.9. The number of pyridine rings is 1. The summed E-state index contributed by atoms with van der Waals surface area (Å²) in [7, 11) is 1.28. The van der Waals surface area contributed by atoms with Crippen LogP contribution in [0.5, 0.6) is 17.2 Å². The first-order valence-corrected chi connectivity index (χ1v) is 10.9. The molecule has 1 saturated carbocycles. The summed E-state index contributed by atoms with van der Waals surface area (Å²) in [6.07, 6.45) is -3.71. The number of H-pyrrole nitrogens is 1. The van der Waals surface area contributed by atoms with E-state index in [-0.39, 0.29) is 35.4 Å². The molecule has 0 unspecified atom stereocenters. The zero-order chi connectivity index (χ0) is 25.9.